The van der Waals surface area contributed by atoms with Gasteiger partial charge in [-0.25, -0.2) is 4.79 Å². The van der Waals surface area contributed by atoms with Crippen LogP contribution in [0.15, 0.2) is 41.2 Å². The van der Waals surface area contributed by atoms with Gasteiger partial charge < -0.3 is 9.64 Å². The van der Waals surface area contributed by atoms with E-state index in [2.05, 4.69) is 0 Å². The highest BCUT2D eigenvalue weighted by Gasteiger charge is 2.35. The molecule has 0 unspecified atom stereocenters. The van der Waals surface area contributed by atoms with Gasteiger partial charge in [0.15, 0.2) is 0 Å². The highest BCUT2D eigenvalue weighted by Crippen LogP contribution is 2.29. The summed E-state index contributed by atoms with van der Waals surface area (Å²) >= 11 is 5.84. The number of halogens is 1. The third kappa shape index (κ3) is 3.00. The third-order valence-electron chi connectivity index (χ3n) is 3.34. The number of hydrogen-bond acceptors (Lipinski definition) is 4. The molecule has 1 heterocycles. The van der Waals surface area contributed by atoms with Gasteiger partial charge in [0.25, 0.3) is 0 Å². The molecule has 1 aliphatic rings. The molecule has 2 rings (SSSR count). The van der Waals surface area contributed by atoms with Gasteiger partial charge in [-0.15, -0.1) is 0 Å². The predicted molar refractivity (Wildman–Crippen MR) is 81.5 cm³/mol. The minimum Gasteiger partial charge on any atom is -0.462 e. The Balaban J connectivity index is 2.35. The first-order valence-electron chi connectivity index (χ1n) is 6.59. The second-order valence-corrected chi connectivity index (χ2v) is 5.09. The summed E-state index contributed by atoms with van der Waals surface area (Å²) in [6.45, 7) is 3.68. The summed E-state index contributed by atoms with van der Waals surface area (Å²) in [6.07, 6.45) is 1.73. The smallest absolute Gasteiger partial charge is 0.343 e. The molecule has 1 aliphatic heterocycles. The fourth-order valence-electron chi connectivity index (χ4n) is 2.12. The molecule has 0 aliphatic carbocycles. The fourth-order valence-corrected chi connectivity index (χ4v) is 2.24. The Labute approximate surface area is 128 Å². The van der Waals surface area contributed by atoms with E-state index in [0.717, 1.165) is 5.56 Å². The van der Waals surface area contributed by atoms with Crippen LogP contribution >= 0.6 is 11.6 Å². The number of hydrogen-bond donors (Lipinski definition) is 0. The number of nitrogens with zero attached hydrogens (tertiary/aromatic N) is 1. The van der Waals surface area contributed by atoms with E-state index in [1.165, 1.54) is 0 Å². The van der Waals surface area contributed by atoms with Crippen molar-refractivity contribution in [3.8, 4) is 0 Å². The van der Waals surface area contributed by atoms with E-state index in [1.54, 1.807) is 44.0 Å². The van der Waals surface area contributed by atoms with Crippen molar-refractivity contribution >= 4 is 29.4 Å². The number of benzene rings is 1. The van der Waals surface area contributed by atoms with E-state index < -0.39 is 5.97 Å². The Hall–Kier alpha value is -2.07. The van der Waals surface area contributed by atoms with Crippen LogP contribution in [0.3, 0.4) is 0 Å². The largest absolute Gasteiger partial charge is 0.462 e. The maximum atomic E-state index is 12.4. The lowest BCUT2D eigenvalue weighted by Gasteiger charge is -2.14. The summed E-state index contributed by atoms with van der Waals surface area (Å²) in [7, 11) is 1.75. The minimum absolute atomic E-state index is 0.0968. The van der Waals surface area contributed by atoms with Crippen LogP contribution in [0.1, 0.15) is 19.4 Å². The number of carbonyl (C=O) groups is 2. The Morgan fingerprint density at radius 3 is 2.52 bits per heavy atom. The Bertz CT molecular complexity index is 644. The van der Waals surface area contributed by atoms with E-state index in [9.17, 15) is 9.59 Å². The first kappa shape index (κ1) is 15.3. The molecular weight excluding hydrogens is 290 g/mol. The van der Waals surface area contributed by atoms with E-state index in [-0.39, 0.29) is 18.0 Å². The highest BCUT2D eigenvalue weighted by atomic mass is 35.5. The van der Waals surface area contributed by atoms with Crippen molar-refractivity contribution in [3.05, 3.63) is 51.8 Å². The average Bonchev–Trinajstić information content (AvgIpc) is 2.65. The highest BCUT2D eigenvalue weighted by molar-refractivity contribution is 6.30. The molecule has 0 aromatic heterocycles. The molecule has 0 bridgehead atoms. The molecule has 0 atom stereocenters. The normalized spacial score (nSPS) is 16.9. The number of Topliss-reactive ketones (excluding diaryl/α,β-unsaturated/α-hetero) is 1. The minimum atomic E-state index is -0.577. The van der Waals surface area contributed by atoms with Crippen molar-refractivity contribution in [3.63, 3.8) is 0 Å². The summed E-state index contributed by atoms with van der Waals surface area (Å²) in [4.78, 5) is 26.0. The average molecular weight is 306 g/mol. The Kier molecular flexibility index (Phi) is 4.48. The second kappa shape index (κ2) is 6.14. The van der Waals surface area contributed by atoms with Gasteiger partial charge in [0.1, 0.15) is 5.57 Å². The molecule has 4 nitrogen and oxygen atoms in total. The number of allylic oxidation sites excluding steroid dienone is 2. The second-order valence-electron chi connectivity index (χ2n) is 4.65. The zero-order chi connectivity index (χ0) is 15.6. The molecule has 0 saturated heterocycles. The maximum absolute atomic E-state index is 12.4. The van der Waals surface area contributed by atoms with Crippen molar-refractivity contribution in [2.45, 2.75) is 13.8 Å². The molecule has 21 heavy (non-hydrogen) atoms. The topological polar surface area (TPSA) is 46.6 Å². The monoisotopic (exact) mass is 305 g/mol. The van der Waals surface area contributed by atoms with Crippen molar-refractivity contribution < 1.29 is 14.3 Å². The number of ketones is 1. The number of rotatable bonds is 3. The van der Waals surface area contributed by atoms with Crippen LogP contribution < -0.4 is 0 Å². The first-order chi connectivity index (χ1) is 9.95. The number of carbonyl (C=O) groups excluding carboxylic acids is 2. The standard InChI is InChI=1S/C16H16ClNO3/c1-4-21-16(20)14-10(2)18(3)13(15(14)19)9-11-5-7-12(17)8-6-11/h5-9H,4H2,1-3H3/b13-9+. The summed E-state index contributed by atoms with van der Waals surface area (Å²) < 4.78 is 4.94. The molecule has 0 spiro atoms. The molecule has 0 N–H and O–H groups in total. The van der Waals surface area contributed by atoms with Gasteiger partial charge in [0.2, 0.25) is 5.78 Å². The molecule has 0 fully saturated rings. The summed E-state index contributed by atoms with van der Waals surface area (Å²) in [5.41, 5.74) is 1.98. The van der Waals surface area contributed by atoms with Crippen molar-refractivity contribution in [2.75, 3.05) is 13.7 Å². The maximum Gasteiger partial charge on any atom is 0.343 e. The summed E-state index contributed by atoms with van der Waals surface area (Å²) in [6, 6.07) is 7.13. The van der Waals surface area contributed by atoms with Crippen LogP contribution in [-0.4, -0.2) is 30.3 Å². The molecule has 1 aromatic carbocycles. The Morgan fingerprint density at radius 1 is 1.33 bits per heavy atom. The van der Waals surface area contributed by atoms with Crippen LogP contribution in [0.4, 0.5) is 0 Å². The van der Waals surface area contributed by atoms with Gasteiger partial charge in [0.05, 0.1) is 12.3 Å². The molecule has 0 radical (unpaired) electrons. The predicted octanol–water partition coefficient (Wildman–Crippen LogP) is 3.03. The SMILES string of the molecule is CCOC(=O)C1=C(C)N(C)/C(=C/c2ccc(Cl)cc2)C1=O. The molecule has 0 amide bonds. The van der Waals surface area contributed by atoms with Gasteiger partial charge in [-0.1, -0.05) is 23.7 Å². The van der Waals surface area contributed by atoms with Crippen LogP contribution in [0.2, 0.25) is 5.02 Å². The van der Waals surface area contributed by atoms with Crippen LogP contribution in [0.25, 0.3) is 6.08 Å². The van der Waals surface area contributed by atoms with E-state index in [0.29, 0.717) is 16.4 Å². The zero-order valence-electron chi connectivity index (χ0n) is 12.1. The lowest BCUT2D eigenvalue weighted by atomic mass is 10.1. The molecule has 110 valence electrons. The zero-order valence-corrected chi connectivity index (χ0v) is 12.9. The number of likely N-dealkylation sites (N-methyl/N-ethyl adjacent to an activating group) is 1. The van der Waals surface area contributed by atoms with Crippen LogP contribution in [0, 0.1) is 0 Å². The fraction of sp³-hybridized carbons (Fsp3) is 0.250. The number of ether oxygens (including phenoxy) is 1. The third-order valence-corrected chi connectivity index (χ3v) is 3.59. The van der Waals surface area contributed by atoms with Gasteiger partial charge in [0, 0.05) is 17.8 Å². The summed E-state index contributed by atoms with van der Waals surface area (Å²) in [5.74, 6) is -0.894. The quantitative estimate of drug-likeness (QED) is 0.489. The summed E-state index contributed by atoms with van der Waals surface area (Å²) in [5, 5.41) is 0.629. The molecular formula is C16H16ClNO3. The number of esters is 1. The van der Waals surface area contributed by atoms with Gasteiger partial charge in [-0.2, -0.15) is 0 Å². The van der Waals surface area contributed by atoms with Crippen LogP contribution in [0.5, 0.6) is 0 Å². The van der Waals surface area contributed by atoms with Gasteiger partial charge in [-0.3, -0.25) is 4.79 Å². The lowest BCUT2D eigenvalue weighted by Crippen LogP contribution is -2.15. The van der Waals surface area contributed by atoms with Crippen molar-refractivity contribution in [1.82, 2.24) is 4.90 Å². The lowest BCUT2D eigenvalue weighted by molar-refractivity contribution is -0.139. The van der Waals surface area contributed by atoms with Crippen molar-refractivity contribution in [1.29, 1.82) is 0 Å². The van der Waals surface area contributed by atoms with E-state index in [1.807, 2.05) is 12.1 Å². The Morgan fingerprint density at radius 2 is 1.95 bits per heavy atom. The van der Waals surface area contributed by atoms with Crippen molar-refractivity contribution in [2.24, 2.45) is 0 Å². The van der Waals surface area contributed by atoms with Gasteiger partial charge >= 0.3 is 5.97 Å². The molecule has 1 aromatic rings. The van der Waals surface area contributed by atoms with E-state index in [4.69, 9.17) is 16.3 Å². The van der Waals surface area contributed by atoms with Crippen LogP contribution in [-0.2, 0) is 14.3 Å². The van der Waals surface area contributed by atoms with Gasteiger partial charge in [-0.05, 0) is 37.6 Å². The van der Waals surface area contributed by atoms with E-state index >= 15 is 0 Å². The first-order valence-corrected chi connectivity index (χ1v) is 6.97. The molecule has 5 heteroatoms. The molecule has 0 saturated carbocycles.